The minimum atomic E-state index is -0.418. The molecule has 2 aromatic carbocycles. The van der Waals surface area contributed by atoms with Gasteiger partial charge in [-0.25, -0.2) is 0 Å². The zero-order valence-electron chi connectivity index (χ0n) is 15.9. The van der Waals surface area contributed by atoms with E-state index in [1.54, 1.807) is 6.07 Å². The van der Waals surface area contributed by atoms with Crippen LogP contribution in [0.1, 0.15) is 34.1 Å². The van der Waals surface area contributed by atoms with Gasteiger partial charge in [0, 0.05) is 23.8 Å². The lowest BCUT2D eigenvalue weighted by molar-refractivity contribution is 0.0999. The van der Waals surface area contributed by atoms with Crippen molar-refractivity contribution in [1.29, 1.82) is 0 Å². The molecule has 142 valence electrons. The Balaban J connectivity index is 1.66. The topological polar surface area (TPSA) is 97.0 Å². The van der Waals surface area contributed by atoms with Gasteiger partial charge in [-0.05, 0) is 43.5 Å². The summed E-state index contributed by atoms with van der Waals surface area (Å²) in [5.74, 6) is 0.786. The van der Waals surface area contributed by atoms with Crippen LogP contribution in [0.4, 0.5) is 17.5 Å². The number of carbonyl (C=O) groups is 1. The number of nitrogens with one attached hydrogen (secondary N) is 1. The van der Waals surface area contributed by atoms with Gasteiger partial charge in [0.25, 0.3) is 5.95 Å². The summed E-state index contributed by atoms with van der Waals surface area (Å²) in [6.45, 7) is 4.60. The van der Waals surface area contributed by atoms with E-state index in [1.807, 2.05) is 42.2 Å². The smallest absolute Gasteiger partial charge is 0.252 e. The number of nitrogens with zero attached hydrogens (tertiary/aromatic N) is 4. The summed E-state index contributed by atoms with van der Waals surface area (Å²) in [6.07, 6.45) is 0.707. The van der Waals surface area contributed by atoms with Crippen molar-refractivity contribution in [2.75, 3.05) is 10.2 Å². The van der Waals surface area contributed by atoms with E-state index in [2.05, 4.69) is 34.6 Å². The Morgan fingerprint density at radius 3 is 2.71 bits per heavy atom. The predicted octanol–water partition coefficient (Wildman–Crippen LogP) is 2.97. The van der Waals surface area contributed by atoms with Crippen LogP contribution in [-0.4, -0.2) is 27.1 Å². The molecule has 0 fully saturated rings. The molecule has 3 aromatic rings. The Bertz CT molecular complexity index is 1020. The molecule has 0 bridgehead atoms. The highest BCUT2D eigenvalue weighted by molar-refractivity contribution is 5.97. The second-order valence-corrected chi connectivity index (χ2v) is 6.98. The number of primary amides is 1. The first-order valence-electron chi connectivity index (χ1n) is 9.24. The van der Waals surface area contributed by atoms with Crippen molar-refractivity contribution in [2.24, 2.45) is 5.73 Å². The fourth-order valence-electron chi connectivity index (χ4n) is 3.60. The number of aromatic nitrogens is 3. The average Bonchev–Trinajstić information content (AvgIpc) is 3.04. The molecular weight excluding hydrogens is 352 g/mol. The number of amides is 1. The minimum Gasteiger partial charge on any atom is -0.366 e. The highest BCUT2D eigenvalue weighted by Gasteiger charge is 2.32. The van der Waals surface area contributed by atoms with E-state index in [0.29, 0.717) is 30.3 Å². The van der Waals surface area contributed by atoms with Crippen LogP contribution in [0.5, 0.6) is 0 Å². The lowest BCUT2D eigenvalue weighted by Gasteiger charge is -2.23. The van der Waals surface area contributed by atoms with E-state index in [0.717, 1.165) is 22.5 Å². The third-order valence-electron chi connectivity index (χ3n) is 4.98. The number of carbonyl (C=O) groups excluding carboxylic acids is 1. The predicted molar refractivity (Wildman–Crippen MR) is 109 cm³/mol. The number of benzene rings is 2. The summed E-state index contributed by atoms with van der Waals surface area (Å²) in [7, 11) is 0. The van der Waals surface area contributed by atoms with E-state index in [4.69, 9.17) is 10.7 Å². The van der Waals surface area contributed by atoms with Crippen LogP contribution in [0.25, 0.3) is 0 Å². The van der Waals surface area contributed by atoms with Gasteiger partial charge in [-0.15, -0.1) is 10.2 Å². The first-order chi connectivity index (χ1) is 13.5. The molecule has 1 aliphatic heterocycles. The van der Waals surface area contributed by atoms with Gasteiger partial charge in [0.2, 0.25) is 5.91 Å². The molecule has 3 N–H and O–H groups in total. The van der Waals surface area contributed by atoms with Crippen molar-refractivity contribution in [2.45, 2.75) is 32.9 Å². The van der Waals surface area contributed by atoms with Gasteiger partial charge >= 0.3 is 0 Å². The number of fused-ring (bicyclic) bond motifs is 1. The molecule has 0 saturated heterocycles. The highest BCUT2D eigenvalue weighted by atomic mass is 16.1. The Morgan fingerprint density at radius 2 is 1.96 bits per heavy atom. The Labute approximate surface area is 163 Å². The number of nitrogens with two attached hydrogens (primary N) is 1. The van der Waals surface area contributed by atoms with E-state index in [9.17, 15) is 4.79 Å². The molecule has 7 heteroatoms. The summed E-state index contributed by atoms with van der Waals surface area (Å²) in [5.41, 5.74) is 9.83. The van der Waals surface area contributed by atoms with Gasteiger partial charge in [0.15, 0.2) is 5.82 Å². The first kappa shape index (κ1) is 17.9. The van der Waals surface area contributed by atoms with Gasteiger partial charge in [-0.3, -0.25) is 4.79 Å². The lowest BCUT2D eigenvalue weighted by atomic mass is 10.0. The molecular formula is C21H22N6O. The van der Waals surface area contributed by atoms with E-state index >= 15 is 0 Å². The van der Waals surface area contributed by atoms with Gasteiger partial charge in [0.05, 0.1) is 0 Å². The number of hydrogen-bond acceptors (Lipinski definition) is 6. The van der Waals surface area contributed by atoms with Crippen LogP contribution in [0.2, 0.25) is 0 Å². The average molecular weight is 374 g/mol. The molecule has 1 aromatic heterocycles. The maximum absolute atomic E-state index is 11.8. The highest BCUT2D eigenvalue weighted by Crippen LogP contribution is 2.38. The zero-order valence-corrected chi connectivity index (χ0v) is 15.9. The molecule has 1 aliphatic rings. The third-order valence-corrected chi connectivity index (χ3v) is 4.98. The standard InChI is InChI=1S/C21H22N6O/c1-13-11-17-16(19(22)28)9-6-10-18(17)27(13)21-24-20(14(2)25-26-21)23-12-15-7-4-3-5-8-15/h3-10,13H,11-12H2,1-2H3,(H2,22,28)(H,23,24,26). The molecule has 0 saturated carbocycles. The van der Waals surface area contributed by atoms with E-state index < -0.39 is 5.91 Å². The molecule has 28 heavy (non-hydrogen) atoms. The molecule has 0 spiro atoms. The molecule has 0 radical (unpaired) electrons. The normalized spacial score (nSPS) is 15.4. The molecule has 1 amide bonds. The fourth-order valence-corrected chi connectivity index (χ4v) is 3.60. The van der Waals surface area contributed by atoms with Crippen molar-refractivity contribution < 1.29 is 4.79 Å². The largest absolute Gasteiger partial charge is 0.366 e. The van der Waals surface area contributed by atoms with Gasteiger partial charge in [0.1, 0.15) is 5.69 Å². The van der Waals surface area contributed by atoms with Crippen LogP contribution < -0.4 is 16.0 Å². The monoisotopic (exact) mass is 374 g/mol. The number of aryl methyl sites for hydroxylation is 1. The second-order valence-electron chi connectivity index (χ2n) is 6.98. The van der Waals surface area contributed by atoms with Crippen LogP contribution >= 0.6 is 0 Å². The summed E-state index contributed by atoms with van der Waals surface area (Å²) in [5, 5.41) is 11.9. The molecule has 2 heterocycles. The number of anilines is 3. The van der Waals surface area contributed by atoms with Gasteiger partial charge in [-0.2, -0.15) is 4.98 Å². The van der Waals surface area contributed by atoms with Gasteiger partial charge in [-0.1, -0.05) is 36.4 Å². The number of hydrogen-bond donors (Lipinski definition) is 2. The summed E-state index contributed by atoms with van der Waals surface area (Å²) in [4.78, 5) is 18.5. The molecule has 1 unspecified atom stereocenters. The first-order valence-corrected chi connectivity index (χ1v) is 9.24. The third kappa shape index (κ3) is 3.26. The van der Waals surface area contributed by atoms with Crippen LogP contribution in [0, 0.1) is 6.92 Å². The maximum Gasteiger partial charge on any atom is 0.252 e. The van der Waals surface area contributed by atoms with Crippen molar-refractivity contribution in [3.8, 4) is 0 Å². The van der Waals surface area contributed by atoms with Crippen molar-refractivity contribution >= 4 is 23.4 Å². The quantitative estimate of drug-likeness (QED) is 0.713. The zero-order chi connectivity index (χ0) is 19.7. The molecule has 7 nitrogen and oxygen atoms in total. The summed E-state index contributed by atoms with van der Waals surface area (Å²) >= 11 is 0. The van der Waals surface area contributed by atoms with Crippen LogP contribution in [-0.2, 0) is 13.0 Å². The van der Waals surface area contributed by atoms with Gasteiger partial charge < -0.3 is 16.0 Å². The molecule has 4 rings (SSSR count). The van der Waals surface area contributed by atoms with Crippen molar-refractivity contribution in [1.82, 2.24) is 15.2 Å². The second kappa shape index (κ2) is 7.26. The van der Waals surface area contributed by atoms with E-state index in [-0.39, 0.29) is 6.04 Å². The van der Waals surface area contributed by atoms with Crippen molar-refractivity contribution in [3.63, 3.8) is 0 Å². The van der Waals surface area contributed by atoms with Crippen LogP contribution in [0.15, 0.2) is 48.5 Å². The molecule has 1 atom stereocenters. The minimum absolute atomic E-state index is 0.0991. The van der Waals surface area contributed by atoms with Crippen LogP contribution in [0.3, 0.4) is 0 Å². The molecule has 0 aliphatic carbocycles. The maximum atomic E-state index is 11.8. The Morgan fingerprint density at radius 1 is 1.18 bits per heavy atom. The van der Waals surface area contributed by atoms with Crippen molar-refractivity contribution in [3.05, 3.63) is 70.9 Å². The summed E-state index contributed by atoms with van der Waals surface area (Å²) < 4.78 is 0. The fraction of sp³-hybridized carbons (Fsp3) is 0.238. The number of rotatable bonds is 5. The summed E-state index contributed by atoms with van der Waals surface area (Å²) in [6, 6.07) is 15.8. The lowest BCUT2D eigenvalue weighted by Crippen LogP contribution is -2.26. The Kier molecular flexibility index (Phi) is 4.65. The van der Waals surface area contributed by atoms with E-state index in [1.165, 1.54) is 0 Å². The Hall–Kier alpha value is -3.48. The SMILES string of the molecule is Cc1nnc(N2c3cccc(C(N)=O)c3CC2C)nc1NCc1ccccc1.